The number of piperidine rings is 1. The number of hydrogen-bond donors (Lipinski definition) is 2. The normalized spacial score (nSPS) is 36.3. The van der Waals surface area contributed by atoms with E-state index in [4.69, 9.17) is 4.74 Å². The van der Waals surface area contributed by atoms with Crippen LogP contribution in [0.15, 0.2) is 0 Å². The zero-order valence-corrected chi connectivity index (χ0v) is 6.68. The first-order valence-corrected chi connectivity index (χ1v) is 4.30. The van der Waals surface area contributed by atoms with Crippen LogP contribution in [0.2, 0.25) is 0 Å². The molecule has 1 spiro atoms. The molecular formula is C8H15NO2. The van der Waals surface area contributed by atoms with Crippen LogP contribution in [0.4, 0.5) is 0 Å². The van der Waals surface area contributed by atoms with E-state index in [-0.39, 0.29) is 11.5 Å². The number of rotatable bonds is 0. The molecule has 0 aromatic rings. The van der Waals surface area contributed by atoms with E-state index in [9.17, 15) is 5.11 Å². The van der Waals surface area contributed by atoms with Gasteiger partial charge in [0.25, 0.3) is 0 Å². The minimum atomic E-state index is -0.218. The second-order valence-electron chi connectivity index (χ2n) is 3.64. The van der Waals surface area contributed by atoms with Gasteiger partial charge in [-0.2, -0.15) is 0 Å². The van der Waals surface area contributed by atoms with E-state index in [2.05, 4.69) is 5.32 Å². The lowest BCUT2D eigenvalue weighted by Crippen LogP contribution is -2.43. The molecule has 2 saturated heterocycles. The van der Waals surface area contributed by atoms with Crippen molar-refractivity contribution in [3.63, 3.8) is 0 Å². The SMILES string of the molecule is O[C@@H]1COCC12CCNCC2. The molecule has 11 heavy (non-hydrogen) atoms. The van der Waals surface area contributed by atoms with Crippen molar-refractivity contribution in [2.75, 3.05) is 26.3 Å². The summed E-state index contributed by atoms with van der Waals surface area (Å²) in [7, 11) is 0. The maximum absolute atomic E-state index is 9.65. The minimum Gasteiger partial charge on any atom is -0.390 e. The maximum atomic E-state index is 9.65. The van der Waals surface area contributed by atoms with E-state index in [1.807, 2.05) is 0 Å². The Morgan fingerprint density at radius 1 is 1.36 bits per heavy atom. The predicted molar refractivity (Wildman–Crippen MR) is 41.4 cm³/mol. The Kier molecular flexibility index (Phi) is 1.87. The van der Waals surface area contributed by atoms with Crippen LogP contribution in [0.5, 0.6) is 0 Å². The zero-order valence-electron chi connectivity index (χ0n) is 6.68. The second-order valence-corrected chi connectivity index (χ2v) is 3.64. The molecular weight excluding hydrogens is 142 g/mol. The molecule has 0 aliphatic carbocycles. The van der Waals surface area contributed by atoms with Crippen LogP contribution in [0.3, 0.4) is 0 Å². The highest BCUT2D eigenvalue weighted by Gasteiger charge is 2.43. The average molecular weight is 157 g/mol. The molecule has 64 valence electrons. The third-order valence-corrected chi connectivity index (χ3v) is 2.97. The monoisotopic (exact) mass is 157 g/mol. The van der Waals surface area contributed by atoms with Gasteiger partial charge in [0.1, 0.15) is 0 Å². The third-order valence-electron chi connectivity index (χ3n) is 2.97. The van der Waals surface area contributed by atoms with Crippen LogP contribution < -0.4 is 5.32 Å². The van der Waals surface area contributed by atoms with Gasteiger partial charge in [0.15, 0.2) is 0 Å². The molecule has 0 amide bonds. The molecule has 0 aromatic heterocycles. The summed E-state index contributed by atoms with van der Waals surface area (Å²) in [6.07, 6.45) is 1.91. The van der Waals surface area contributed by atoms with Crippen LogP contribution in [0.25, 0.3) is 0 Å². The summed E-state index contributed by atoms with van der Waals surface area (Å²) in [6, 6.07) is 0. The van der Waals surface area contributed by atoms with Crippen LogP contribution in [-0.2, 0) is 4.74 Å². The van der Waals surface area contributed by atoms with Gasteiger partial charge < -0.3 is 15.2 Å². The lowest BCUT2D eigenvalue weighted by atomic mass is 9.77. The Labute approximate surface area is 66.7 Å². The number of ether oxygens (including phenoxy) is 1. The molecule has 0 bridgehead atoms. The smallest absolute Gasteiger partial charge is 0.0852 e. The fraction of sp³-hybridized carbons (Fsp3) is 1.00. The fourth-order valence-electron chi connectivity index (χ4n) is 2.05. The summed E-state index contributed by atoms with van der Waals surface area (Å²) in [5.41, 5.74) is 0.102. The van der Waals surface area contributed by atoms with Crippen molar-refractivity contribution in [3.05, 3.63) is 0 Å². The first-order chi connectivity index (χ1) is 5.33. The summed E-state index contributed by atoms with van der Waals surface area (Å²) in [5, 5.41) is 12.9. The summed E-state index contributed by atoms with van der Waals surface area (Å²) >= 11 is 0. The van der Waals surface area contributed by atoms with Crippen molar-refractivity contribution in [3.8, 4) is 0 Å². The van der Waals surface area contributed by atoms with Crippen molar-refractivity contribution in [2.45, 2.75) is 18.9 Å². The second kappa shape index (κ2) is 2.73. The Hall–Kier alpha value is -0.120. The van der Waals surface area contributed by atoms with E-state index < -0.39 is 0 Å². The molecule has 0 radical (unpaired) electrons. The van der Waals surface area contributed by atoms with Crippen molar-refractivity contribution >= 4 is 0 Å². The number of nitrogens with one attached hydrogen (secondary N) is 1. The molecule has 2 aliphatic heterocycles. The van der Waals surface area contributed by atoms with Gasteiger partial charge in [0, 0.05) is 5.41 Å². The summed E-state index contributed by atoms with van der Waals surface area (Å²) in [5.74, 6) is 0. The molecule has 2 heterocycles. The average Bonchev–Trinajstić information content (AvgIpc) is 2.36. The number of aliphatic hydroxyl groups is 1. The van der Waals surface area contributed by atoms with Crippen molar-refractivity contribution in [1.82, 2.24) is 5.32 Å². The first kappa shape index (κ1) is 7.53. The largest absolute Gasteiger partial charge is 0.390 e. The summed E-state index contributed by atoms with van der Waals surface area (Å²) in [4.78, 5) is 0. The zero-order chi connectivity index (χ0) is 7.73. The topological polar surface area (TPSA) is 41.5 Å². The van der Waals surface area contributed by atoms with Crippen LogP contribution in [0, 0.1) is 5.41 Å². The molecule has 3 nitrogen and oxygen atoms in total. The van der Waals surface area contributed by atoms with E-state index in [1.54, 1.807) is 0 Å². The van der Waals surface area contributed by atoms with Crippen molar-refractivity contribution in [1.29, 1.82) is 0 Å². The molecule has 2 aliphatic rings. The highest BCUT2D eigenvalue weighted by molar-refractivity contribution is 4.93. The minimum absolute atomic E-state index is 0.102. The van der Waals surface area contributed by atoms with Gasteiger partial charge in [0.05, 0.1) is 19.3 Å². The van der Waals surface area contributed by atoms with Gasteiger partial charge in [-0.15, -0.1) is 0 Å². The van der Waals surface area contributed by atoms with Gasteiger partial charge >= 0.3 is 0 Å². The Morgan fingerprint density at radius 3 is 2.64 bits per heavy atom. The van der Waals surface area contributed by atoms with Gasteiger partial charge in [-0.25, -0.2) is 0 Å². The lowest BCUT2D eigenvalue weighted by molar-refractivity contribution is 0.0444. The highest BCUT2D eigenvalue weighted by atomic mass is 16.5. The summed E-state index contributed by atoms with van der Waals surface area (Å²) in [6.45, 7) is 3.36. The standard InChI is InChI=1S/C8H15NO2/c10-7-5-11-6-8(7)1-3-9-4-2-8/h7,9-10H,1-6H2/t7-/m1/s1. The predicted octanol–water partition coefficient (Wildman–Crippen LogP) is -0.253. The summed E-state index contributed by atoms with van der Waals surface area (Å²) < 4.78 is 5.27. The van der Waals surface area contributed by atoms with Gasteiger partial charge in [-0.1, -0.05) is 0 Å². The van der Waals surface area contributed by atoms with E-state index >= 15 is 0 Å². The molecule has 2 rings (SSSR count). The number of aliphatic hydroxyl groups excluding tert-OH is 1. The quantitative estimate of drug-likeness (QED) is 0.509. The van der Waals surface area contributed by atoms with E-state index in [1.165, 1.54) is 0 Å². The van der Waals surface area contributed by atoms with E-state index in [0.717, 1.165) is 32.5 Å². The Morgan fingerprint density at radius 2 is 2.09 bits per heavy atom. The van der Waals surface area contributed by atoms with Crippen molar-refractivity contribution < 1.29 is 9.84 Å². The molecule has 0 unspecified atom stereocenters. The van der Waals surface area contributed by atoms with Crippen LogP contribution in [-0.4, -0.2) is 37.5 Å². The maximum Gasteiger partial charge on any atom is 0.0852 e. The first-order valence-electron chi connectivity index (χ1n) is 4.30. The Bertz CT molecular complexity index is 143. The molecule has 2 fully saturated rings. The molecule has 1 atom stereocenters. The van der Waals surface area contributed by atoms with Crippen LogP contribution in [0.1, 0.15) is 12.8 Å². The lowest BCUT2D eigenvalue weighted by Gasteiger charge is -2.34. The molecule has 0 aromatic carbocycles. The van der Waals surface area contributed by atoms with Gasteiger partial charge in [0.2, 0.25) is 0 Å². The molecule has 3 heteroatoms. The van der Waals surface area contributed by atoms with Crippen LogP contribution >= 0.6 is 0 Å². The Balaban J connectivity index is 2.06. The van der Waals surface area contributed by atoms with Crippen molar-refractivity contribution in [2.24, 2.45) is 5.41 Å². The van der Waals surface area contributed by atoms with E-state index in [0.29, 0.717) is 6.61 Å². The molecule has 2 N–H and O–H groups in total. The number of hydrogen-bond acceptors (Lipinski definition) is 3. The third kappa shape index (κ3) is 1.17. The molecule has 0 saturated carbocycles. The van der Waals surface area contributed by atoms with Gasteiger partial charge in [-0.3, -0.25) is 0 Å². The van der Waals surface area contributed by atoms with Gasteiger partial charge in [-0.05, 0) is 25.9 Å². The highest BCUT2D eigenvalue weighted by Crippen LogP contribution is 2.37. The fourth-order valence-corrected chi connectivity index (χ4v) is 2.05.